The summed E-state index contributed by atoms with van der Waals surface area (Å²) in [5.74, 6) is -1.99. The fraction of sp³-hybridized carbons (Fsp3) is 0.643. The highest BCUT2D eigenvalue weighted by atomic mass is 16.4. The monoisotopic (exact) mass is 284 g/mol. The van der Waals surface area contributed by atoms with Crippen molar-refractivity contribution in [2.75, 3.05) is 0 Å². The zero-order valence-electron chi connectivity index (χ0n) is 12.3. The Labute approximate surface area is 119 Å². The van der Waals surface area contributed by atoms with E-state index in [9.17, 15) is 14.4 Å². The van der Waals surface area contributed by atoms with Gasteiger partial charge in [0.2, 0.25) is 11.8 Å². The van der Waals surface area contributed by atoms with Gasteiger partial charge in [0.15, 0.2) is 0 Å². The second-order valence-corrected chi connectivity index (χ2v) is 5.04. The molecule has 0 aliphatic carbocycles. The lowest BCUT2D eigenvalue weighted by atomic mass is 10.0. The Morgan fingerprint density at radius 1 is 1.25 bits per heavy atom. The first-order valence-electron chi connectivity index (χ1n) is 6.70. The van der Waals surface area contributed by atoms with Gasteiger partial charge in [-0.05, 0) is 25.2 Å². The van der Waals surface area contributed by atoms with E-state index in [1.807, 2.05) is 0 Å². The topological polar surface area (TPSA) is 95.5 Å². The number of carboxylic acids is 1. The maximum Gasteiger partial charge on any atom is 0.326 e. The minimum absolute atomic E-state index is 0.124. The predicted octanol–water partition coefficient (Wildman–Crippen LogP) is 1.07. The van der Waals surface area contributed by atoms with Gasteiger partial charge in [0, 0.05) is 6.92 Å². The fourth-order valence-corrected chi connectivity index (χ4v) is 1.74. The van der Waals surface area contributed by atoms with E-state index in [1.54, 1.807) is 19.9 Å². The van der Waals surface area contributed by atoms with Gasteiger partial charge in [-0.1, -0.05) is 19.9 Å². The summed E-state index contributed by atoms with van der Waals surface area (Å²) in [5.41, 5.74) is 0. The summed E-state index contributed by atoms with van der Waals surface area (Å²) in [6.45, 7) is 8.46. The molecule has 0 aliphatic rings. The van der Waals surface area contributed by atoms with Gasteiger partial charge >= 0.3 is 5.97 Å². The Hall–Kier alpha value is -1.85. The molecule has 6 nitrogen and oxygen atoms in total. The minimum atomic E-state index is -1.08. The Morgan fingerprint density at radius 3 is 2.25 bits per heavy atom. The maximum absolute atomic E-state index is 12.1. The molecule has 3 N–H and O–H groups in total. The molecule has 0 saturated heterocycles. The van der Waals surface area contributed by atoms with Crippen molar-refractivity contribution in [2.45, 2.75) is 52.1 Å². The first-order valence-corrected chi connectivity index (χ1v) is 6.70. The van der Waals surface area contributed by atoms with Crippen LogP contribution in [-0.2, 0) is 14.4 Å². The summed E-state index contributed by atoms with van der Waals surface area (Å²) in [6, 6.07) is -1.67. The van der Waals surface area contributed by atoms with Crippen molar-refractivity contribution < 1.29 is 19.5 Å². The van der Waals surface area contributed by atoms with Gasteiger partial charge in [0.25, 0.3) is 0 Å². The second-order valence-electron chi connectivity index (χ2n) is 5.04. The number of hydrogen-bond acceptors (Lipinski definition) is 3. The van der Waals surface area contributed by atoms with Crippen LogP contribution in [0.15, 0.2) is 12.7 Å². The van der Waals surface area contributed by atoms with Gasteiger partial charge in [-0.25, -0.2) is 4.79 Å². The van der Waals surface area contributed by atoms with Crippen molar-refractivity contribution in [1.29, 1.82) is 0 Å². The molecule has 114 valence electrons. The number of nitrogens with one attached hydrogen (secondary N) is 2. The van der Waals surface area contributed by atoms with Crippen molar-refractivity contribution in [1.82, 2.24) is 10.6 Å². The summed E-state index contributed by atoms with van der Waals surface area (Å²) in [5, 5.41) is 14.1. The van der Waals surface area contributed by atoms with Crippen LogP contribution in [0.2, 0.25) is 0 Å². The molecule has 0 radical (unpaired) electrons. The smallest absolute Gasteiger partial charge is 0.326 e. The molecular formula is C14H24N2O4. The first kappa shape index (κ1) is 18.1. The number of hydrogen-bond donors (Lipinski definition) is 3. The molecule has 0 aromatic carbocycles. The molecule has 0 aliphatic heterocycles. The number of aliphatic carboxylic acids is 1. The van der Waals surface area contributed by atoms with Crippen LogP contribution < -0.4 is 10.6 Å². The largest absolute Gasteiger partial charge is 0.480 e. The van der Waals surface area contributed by atoms with Crippen molar-refractivity contribution in [3.05, 3.63) is 12.7 Å². The van der Waals surface area contributed by atoms with Crippen LogP contribution in [0, 0.1) is 5.92 Å². The molecule has 2 atom stereocenters. The molecule has 0 bridgehead atoms. The SMILES string of the molecule is C=CCCC[C@H](NC(=O)[C@H](NC(C)=O)C(C)C)C(=O)O. The summed E-state index contributed by atoms with van der Waals surface area (Å²) in [6.07, 6.45) is 3.36. The highest BCUT2D eigenvalue weighted by Gasteiger charge is 2.27. The van der Waals surface area contributed by atoms with Crippen LogP contribution >= 0.6 is 0 Å². The van der Waals surface area contributed by atoms with Crippen molar-refractivity contribution in [2.24, 2.45) is 5.92 Å². The average Bonchev–Trinajstić information content (AvgIpc) is 2.33. The van der Waals surface area contributed by atoms with Crippen LogP contribution in [0.4, 0.5) is 0 Å². The third-order valence-corrected chi connectivity index (χ3v) is 2.82. The zero-order chi connectivity index (χ0) is 15.7. The number of rotatable bonds is 9. The molecule has 0 fully saturated rings. The molecule has 0 unspecified atom stereocenters. The van der Waals surface area contributed by atoms with Crippen LogP contribution in [0.3, 0.4) is 0 Å². The number of amides is 2. The van der Waals surface area contributed by atoms with Crippen LogP contribution in [0.5, 0.6) is 0 Å². The van der Waals surface area contributed by atoms with E-state index >= 15 is 0 Å². The molecule has 0 spiro atoms. The predicted molar refractivity (Wildman–Crippen MR) is 76.1 cm³/mol. The fourth-order valence-electron chi connectivity index (χ4n) is 1.74. The Balaban J connectivity index is 4.65. The quantitative estimate of drug-likeness (QED) is 0.436. The number of unbranched alkanes of at least 4 members (excludes halogenated alkanes) is 1. The maximum atomic E-state index is 12.1. The lowest BCUT2D eigenvalue weighted by Crippen LogP contribution is -2.53. The summed E-state index contributed by atoms with van der Waals surface area (Å²) in [7, 11) is 0. The molecule has 0 aromatic heterocycles. The number of carboxylic acid groups (broad SMARTS) is 1. The van der Waals surface area contributed by atoms with Gasteiger partial charge in [-0.3, -0.25) is 9.59 Å². The van der Waals surface area contributed by atoms with Crippen molar-refractivity contribution in [3.8, 4) is 0 Å². The molecule has 0 heterocycles. The Kier molecular flexibility index (Phi) is 8.27. The molecule has 0 aromatic rings. The second kappa shape index (κ2) is 9.12. The van der Waals surface area contributed by atoms with Crippen LogP contribution in [0.25, 0.3) is 0 Å². The average molecular weight is 284 g/mol. The summed E-state index contributed by atoms with van der Waals surface area (Å²) >= 11 is 0. The third-order valence-electron chi connectivity index (χ3n) is 2.82. The molecule has 2 amide bonds. The van der Waals surface area contributed by atoms with E-state index in [0.29, 0.717) is 19.3 Å². The van der Waals surface area contributed by atoms with Crippen molar-refractivity contribution in [3.63, 3.8) is 0 Å². The van der Waals surface area contributed by atoms with Gasteiger partial charge in [-0.15, -0.1) is 6.58 Å². The van der Waals surface area contributed by atoms with E-state index in [2.05, 4.69) is 17.2 Å². The number of carbonyl (C=O) groups is 3. The molecule has 6 heteroatoms. The number of carbonyl (C=O) groups excluding carboxylic acids is 2. The molecular weight excluding hydrogens is 260 g/mol. The van der Waals surface area contributed by atoms with Gasteiger partial charge in [0.1, 0.15) is 12.1 Å². The highest BCUT2D eigenvalue weighted by molar-refractivity contribution is 5.90. The van der Waals surface area contributed by atoms with E-state index in [1.165, 1.54) is 6.92 Å². The van der Waals surface area contributed by atoms with E-state index < -0.39 is 24.0 Å². The lowest BCUT2D eigenvalue weighted by Gasteiger charge is -2.23. The first-order chi connectivity index (χ1) is 9.29. The third kappa shape index (κ3) is 6.92. The molecule has 0 rings (SSSR count). The lowest BCUT2D eigenvalue weighted by molar-refractivity contribution is -0.142. The van der Waals surface area contributed by atoms with Crippen molar-refractivity contribution >= 4 is 17.8 Å². The zero-order valence-corrected chi connectivity index (χ0v) is 12.3. The molecule has 0 saturated carbocycles. The van der Waals surface area contributed by atoms with E-state index in [4.69, 9.17) is 5.11 Å². The highest BCUT2D eigenvalue weighted by Crippen LogP contribution is 2.06. The van der Waals surface area contributed by atoms with E-state index in [0.717, 1.165) is 0 Å². The minimum Gasteiger partial charge on any atom is -0.480 e. The number of allylic oxidation sites excluding steroid dienone is 1. The Morgan fingerprint density at radius 2 is 1.85 bits per heavy atom. The van der Waals surface area contributed by atoms with Gasteiger partial charge < -0.3 is 15.7 Å². The van der Waals surface area contributed by atoms with Crippen LogP contribution in [-0.4, -0.2) is 35.0 Å². The molecule has 20 heavy (non-hydrogen) atoms. The van der Waals surface area contributed by atoms with E-state index in [-0.39, 0.29) is 11.8 Å². The summed E-state index contributed by atoms with van der Waals surface area (Å²) < 4.78 is 0. The normalized spacial score (nSPS) is 13.4. The van der Waals surface area contributed by atoms with Gasteiger partial charge in [0.05, 0.1) is 0 Å². The summed E-state index contributed by atoms with van der Waals surface area (Å²) in [4.78, 5) is 34.2. The van der Waals surface area contributed by atoms with Gasteiger partial charge in [-0.2, -0.15) is 0 Å². The standard InChI is InChI=1S/C14H24N2O4/c1-5-6-7-8-11(14(19)20)16-13(18)12(9(2)3)15-10(4)17/h5,9,11-12H,1,6-8H2,2-4H3,(H,15,17)(H,16,18)(H,19,20)/t11-,12+/m0/s1. The Bertz CT molecular complexity index is 366. The van der Waals surface area contributed by atoms with Crippen LogP contribution in [0.1, 0.15) is 40.0 Å².